The van der Waals surface area contributed by atoms with Gasteiger partial charge < -0.3 is 5.32 Å². The van der Waals surface area contributed by atoms with Crippen LogP contribution in [0.2, 0.25) is 0 Å². The van der Waals surface area contributed by atoms with Gasteiger partial charge in [0.25, 0.3) is 0 Å². The van der Waals surface area contributed by atoms with Gasteiger partial charge in [-0.05, 0) is 36.5 Å². The standard InChI is InChI=1S/C19H22N2O3S/c1-3-25(23,24)18-10-9-15(12-20-18)13(2)21-19(22)17-11-16(17)14-7-5-4-6-8-14/h4-10,12-13,16-17H,3,11H2,1-2H3,(H,21,22)/t13-,16+,17-/m0/s1. The summed E-state index contributed by atoms with van der Waals surface area (Å²) in [5, 5.41) is 3.07. The number of sulfone groups is 1. The maximum absolute atomic E-state index is 12.4. The second kappa shape index (κ2) is 6.96. The number of hydrogen-bond acceptors (Lipinski definition) is 4. The van der Waals surface area contributed by atoms with Gasteiger partial charge in [0.05, 0.1) is 11.8 Å². The summed E-state index contributed by atoms with van der Waals surface area (Å²) in [5.41, 5.74) is 1.99. The molecule has 1 aliphatic carbocycles. The van der Waals surface area contributed by atoms with Crippen molar-refractivity contribution in [1.29, 1.82) is 0 Å². The van der Waals surface area contributed by atoms with Gasteiger partial charge in [0, 0.05) is 12.1 Å². The molecule has 0 bridgehead atoms. The largest absolute Gasteiger partial charge is 0.349 e. The number of rotatable bonds is 6. The maximum atomic E-state index is 12.4. The minimum atomic E-state index is -3.30. The lowest BCUT2D eigenvalue weighted by Gasteiger charge is -2.14. The molecule has 0 unspecified atom stereocenters. The molecule has 3 rings (SSSR count). The fraction of sp³-hybridized carbons (Fsp3) is 0.368. The minimum absolute atomic E-state index is 0.0116. The van der Waals surface area contributed by atoms with Gasteiger partial charge >= 0.3 is 0 Å². The number of benzene rings is 1. The number of amides is 1. The van der Waals surface area contributed by atoms with E-state index in [0.29, 0.717) is 5.92 Å². The lowest BCUT2D eigenvalue weighted by atomic mass is 10.1. The first kappa shape index (κ1) is 17.6. The molecular weight excluding hydrogens is 336 g/mol. The SMILES string of the molecule is CCS(=O)(=O)c1ccc([C@H](C)NC(=O)[C@H]2C[C@@H]2c2ccccc2)cn1. The Morgan fingerprint density at radius 2 is 1.96 bits per heavy atom. The molecule has 1 aliphatic rings. The Morgan fingerprint density at radius 3 is 2.56 bits per heavy atom. The van der Waals surface area contributed by atoms with Gasteiger partial charge in [-0.1, -0.05) is 43.3 Å². The fourth-order valence-corrected chi connectivity index (χ4v) is 3.72. The molecule has 1 heterocycles. The number of nitrogens with one attached hydrogen (secondary N) is 1. The van der Waals surface area contributed by atoms with E-state index in [9.17, 15) is 13.2 Å². The Hall–Kier alpha value is -2.21. The molecule has 1 amide bonds. The quantitative estimate of drug-likeness (QED) is 0.861. The zero-order valence-electron chi connectivity index (χ0n) is 14.3. The molecule has 0 spiro atoms. The highest BCUT2D eigenvalue weighted by atomic mass is 32.2. The van der Waals surface area contributed by atoms with E-state index in [1.54, 1.807) is 13.0 Å². The molecule has 0 saturated heterocycles. The molecule has 5 nitrogen and oxygen atoms in total. The Kier molecular flexibility index (Phi) is 4.90. The Bertz CT molecular complexity index is 848. The first-order chi connectivity index (χ1) is 11.9. The summed E-state index contributed by atoms with van der Waals surface area (Å²) in [7, 11) is -3.30. The van der Waals surface area contributed by atoms with E-state index in [-0.39, 0.29) is 28.6 Å². The highest BCUT2D eigenvalue weighted by Gasteiger charge is 2.44. The van der Waals surface area contributed by atoms with Gasteiger partial charge in [-0.15, -0.1) is 0 Å². The molecular formula is C19H22N2O3S. The normalized spacial score (nSPS) is 20.7. The first-order valence-electron chi connectivity index (χ1n) is 8.46. The van der Waals surface area contributed by atoms with Gasteiger partial charge in [-0.2, -0.15) is 0 Å². The molecule has 25 heavy (non-hydrogen) atoms. The van der Waals surface area contributed by atoms with Crippen LogP contribution in [0.5, 0.6) is 0 Å². The van der Waals surface area contributed by atoms with Gasteiger partial charge in [0.1, 0.15) is 0 Å². The maximum Gasteiger partial charge on any atom is 0.224 e. The number of carbonyl (C=O) groups excluding carboxylic acids is 1. The van der Waals surface area contributed by atoms with E-state index < -0.39 is 9.84 Å². The van der Waals surface area contributed by atoms with Crippen LogP contribution in [-0.4, -0.2) is 25.1 Å². The number of nitrogens with zero attached hydrogens (tertiary/aromatic N) is 1. The van der Waals surface area contributed by atoms with Gasteiger partial charge in [-0.3, -0.25) is 4.79 Å². The minimum Gasteiger partial charge on any atom is -0.349 e. The summed E-state index contributed by atoms with van der Waals surface area (Å²) in [6, 6.07) is 13.1. The molecule has 1 N–H and O–H groups in total. The average Bonchev–Trinajstić information content (AvgIpc) is 3.43. The molecule has 6 heteroatoms. The highest BCUT2D eigenvalue weighted by molar-refractivity contribution is 7.91. The van der Waals surface area contributed by atoms with E-state index in [1.165, 1.54) is 17.8 Å². The van der Waals surface area contributed by atoms with E-state index in [4.69, 9.17) is 0 Å². The van der Waals surface area contributed by atoms with E-state index >= 15 is 0 Å². The molecule has 2 aromatic rings. The predicted molar refractivity (Wildman–Crippen MR) is 95.8 cm³/mol. The number of pyridine rings is 1. The second-order valence-electron chi connectivity index (χ2n) is 6.42. The van der Waals surface area contributed by atoms with Crippen molar-refractivity contribution in [3.05, 3.63) is 59.8 Å². The van der Waals surface area contributed by atoms with Crippen molar-refractivity contribution in [2.24, 2.45) is 5.92 Å². The van der Waals surface area contributed by atoms with Crippen molar-refractivity contribution >= 4 is 15.7 Å². The summed E-state index contributed by atoms with van der Waals surface area (Å²) in [6.45, 7) is 3.47. The predicted octanol–water partition coefficient (Wildman–Crippen LogP) is 2.86. The second-order valence-corrected chi connectivity index (χ2v) is 8.65. The van der Waals surface area contributed by atoms with Gasteiger partial charge in [-0.25, -0.2) is 13.4 Å². The topological polar surface area (TPSA) is 76.1 Å². The van der Waals surface area contributed by atoms with E-state index in [1.807, 2.05) is 25.1 Å². The lowest BCUT2D eigenvalue weighted by molar-refractivity contribution is -0.123. The monoisotopic (exact) mass is 358 g/mol. The van der Waals surface area contributed by atoms with Gasteiger partial charge in [0.2, 0.25) is 5.91 Å². The first-order valence-corrected chi connectivity index (χ1v) is 10.1. The van der Waals surface area contributed by atoms with Crippen molar-refractivity contribution in [3.8, 4) is 0 Å². The summed E-state index contributed by atoms with van der Waals surface area (Å²) < 4.78 is 23.6. The van der Waals surface area contributed by atoms with Crippen LogP contribution >= 0.6 is 0 Å². The molecule has 1 aromatic heterocycles. The molecule has 1 fully saturated rings. The molecule has 0 aliphatic heterocycles. The number of hydrogen-bond donors (Lipinski definition) is 1. The van der Waals surface area contributed by atoms with Gasteiger partial charge in [0.15, 0.2) is 14.9 Å². The Labute approximate surface area is 148 Å². The van der Waals surface area contributed by atoms with Crippen LogP contribution in [0.4, 0.5) is 0 Å². The zero-order valence-corrected chi connectivity index (χ0v) is 15.2. The van der Waals surface area contributed by atoms with Crippen LogP contribution in [0.25, 0.3) is 0 Å². The van der Waals surface area contributed by atoms with Crippen molar-refractivity contribution < 1.29 is 13.2 Å². The molecule has 132 valence electrons. The van der Waals surface area contributed by atoms with E-state index in [0.717, 1.165) is 12.0 Å². The Morgan fingerprint density at radius 1 is 1.24 bits per heavy atom. The van der Waals surface area contributed by atoms with Crippen LogP contribution in [0, 0.1) is 5.92 Å². The summed E-state index contributed by atoms with van der Waals surface area (Å²) in [6.07, 6.45) is 2.39. The summed E-state index contributed by atoms with van der Waals surface area (Å²) in [4.78, 5) is 16.5. The van der Waals surface area contributed by atoms with Crippen molar-refractivity contribution in [2.75, 3.05) is 5.75 Å². The average molecular weight is 358 g/mol. The summed E-state index contributed by atoms with van der Waals surface area (Å²) >= 11 is 0. The zero-order chi connectivity index (χ0) is 18.0. The third kappa shape index (κ3) is 3.90. The third-order valence-electron chi connectivity index (χ3n) is 4.67. The summed E-state index contributed by atoms with van der Waals surface area (Å²) in [5.74, 6) is 0.363. The van der Waals surface area contributed by atoms with Crippen molar-refractivity contribution in [3.63, 3.8) is 0 Å². The Balaban J connectivity index is 1.61. The molecule has 1 saturated carbocycles. The van der Waals surface area contributed by atoms with Crippen LogP contribution in [0.1, 0.15) is 43.4 Å². The molecule has 0 radical (unpaired) electrons. The van der Waals surface area contributed by atoms with Crippen LogP contribution in [0.15, 0.2) is 53.7 Å². The number of carbonyl (C=O) groups is 1. The van der Waals surface area contributed by atoms with Crippen LogP contribution in [0.3, 0.4) is 0 Å². The van der Waals surface area contributed by atoms with Crippen molar-refractivity contribution in [1.82, 2.24) is 10.3 Å². The van der Waals surface area contributed by atoms with Crippen LogP contribution in [-0.2, 0) is 14.6 Å². The van der Waals surface area contributed by atoms with E-state index in [2.05, 4.69) is 22.4 Å². The van der Waals surface area contributed by atoms with Crippen molar-refractivity contribution in [2.45, 2.75) is 37.3 Å². The fourth-order valence-electron chi connectivity index (χ4n) is 2.94. The number of aromatic nitrogens is 1. The highest BCUT2D eigenvalue weighted by Crippen LogP contribution is 2.47. The third-order valence-corrected chi connectivity index (χ3v) is 6.31. The van der Waals surface area contributed by atoms with Crippen LogP contribution < -0.4 is 5.32 Å². The molecule has 1 aromatic carbocycles. The smallest absolute Gasteiger partial charge is 0.224 e. The lowest BCUT2D eigenvalue weighted by Crippen LogP contribution is -2.28. The molecule has 3 atom stereocenters.